The summed E-state index contributed by atoms with van der Waals surface area (Å²) < 4.78 is 6.92. The van der Waals surface area contributed by atoms with Gasteiger partial charge >= 0.3 is 0 Å². The van der Waals surface area contributed by atoms with E-state index in [0.29, 0.717) is 19.4 Å². The van der Waals surface area contributed by atoms with E-state index >= 15 is 0 Å². The minimum atomic E-state index is -0.748. The average molecular weight is 358 g/mol. The quantitative estimate of drug-likeness (QED) is 0.765. The normalized spacial score (nSPS) is 12.5. The standard InChI is InChI=1S/C17H28BrNO2/c1-6-17(20,7-2)12-21-15-9-8-14(18)10-13(15)11-19-16(3,4)5/h8-10,19-20H,6-7,11-12H2,1-5H3. The van der Waals surface area contributed by atoms with Crippen molar-refractivity contribution in [1.82, 2.24) is 5.32 Å². The Morgan fingerprint density at radius 1 is 1.19 bits per heavy atom. The molecule has 0 bridgehead atoms. The first-order valence-corrected chi connectivity index (χ1v) is 8.37. The van der Waals surface area contributed by atoms with Gasteiger partial charge in [0.05, 0.1) is 5.60 Å². The maximum atomic E-state index is 10.3. The van der Waals surface area contributed by atoms with Gasteiger partial charge in [0.15, 0.2) is 0 Å². The Bertz CT molecular complexity index is 451. The van der Waals surface area contributed by atoms with Crippen LogP contribution in [0.1, 0.15) is 53.0 Å². The molecule has 21 heavy (non-hydrogen) atoms. The van der Waals surface area contributed by atoms with Crippen LogP contribution in [0.2, 0.25) is 0 Å². The first-order chi connectivity index (χ1) is 9.69. The highest BCUT2D eigenvalue weighted by molar-refractivity contribution is 9.10. The fraction of sp³-hybridized carbons (Fsp3) is 0.647. The van der Waals surface area contributed by atoms with Crippen molar-refractivity contribution in [3.8, 4) is 5.75 Å². The van der Waals surface area contributed by atoms with Crippen molar-refractivity contribution in [2.24, 2.45) is 0 Å². The Morgan fingerprint density at radius 3 is 2.33 bits per heavy atom. The second-order valence-corrected chi connectivity index (χ2v) is 7.49. The van der Waals surface area contributed by atoms with Crippen LogP contribution in [0.4, 0.5) is 0 Å². The van der Waals surface area contributed by atoms with E-state index < -0.39 is 5.60 Å². The lowest BCUT2D eigenvalue weighted by molar-refractivity contribution is -0.0116. The van der Waals surface area contributed by atoms with E-state index in [1.165, 1.54) is 0 Å². The summed E-state index contributed by atoms with van der Waals surface area (Å²) in [5.74, 6) is 0.829. The van der Waals surface area contributed by atoms with Gasteiger partial charge in [-0.1, -0.05) is 29.8 Å². The lowest BCUT2D eigenvalue weighted by Crippen LogP contribution is -2.36. The van der Waals surface area contributed by atoms with Crippen molar-refractivity contribution in [1.29, 1.82) is 0 Å². The minimum Gasteiger partial charge on any atom is -0.490 e. The summed E-state index contributed by atoms with van der Waals surface area (Å²) in [5, 5.41) is 13.8. The van der Waals surface area contributed by atoms with E-state index in [1.54, 1.807) is 0 Å². The number of ether oxygens (including phenoxy) is 1. The third-order valence-corrected chi connectivity index (χ3v) is 4.14. The SMILES string of the molecule is CCC(O)(CC)COc1ccc(Br)cc1CNC(C)(C)C. The molecule has 1 rings (SSSR count). The van der Waals surface area contributed by atoms with Crippen LogP contribution >= 0.6 is 15.9 Å². The summed E-state index contributed by atoms with van der Waals surface area (Å²) in [6.45, 7) is 11.4. The zero-order valence-electron chi connectivity index (χ0n) is 13.8. The second kappa shape index (κ2) is 7.61. The molecule has 2 N–H and O–H groups in total. The zero-order chi connectivity index (χ0) is 16.1. The highest BCUT2D eigenvalue weighted by atomic mass is 79.9. The Hall–Kier alpha value is -0.580. The molecule has 0 saturated heterocycles. The summed E-state index contributed by atoms with van der Waals surface area (Å²) >= 11 is 3.50. The van der Waals surface area contributed by atoms with Crippen molar-refractivity contribution in [3.63, 3.8) is 0 Å². The van der Waals surface area contributed by atoms with Crippen LogP contribution in [0.25, 0.3) is 0 Å². The first kappa shape index (κ1) is 18.5. The molecule has 0 radical (unpaired) electrons. The van der Waals surface area contributed by atoms with Crippen molar-refractivity contribution in [3.05, 3.63) is 28.2 Å². The van der Waals surface area contributed by atoms with Gasteiger partial charge in [-0.3, -0.25) is 0 Å². The van der Waals surface area contributed by atoms with Crippen LogP contribution < -0.4 is 10.1 Å². The Morgan fingerprint density at radius 2 is 1.81 bits per heavy atom. The summed E-state index contributed by atoms with van der Waals surface area (Å²) in [6, 6.07) is 5.98. The number of aliphatic hydroxyl groups is 1. The van der Waals surface area contributed by atoms with Crippen molar-refractivity contribution < 1.29 is 9.84 Å². The van der Waals surface area contributed by atoms with Gasteiger partial charge in [-0.15, -0.1) is 0 Å². The van der Waals surface area contributed by atoms with Gasteiger partial charge in [0.2, 0.25) is 0 Å². The summed E-state index contributed by atoms with van der Waals surface area (Å²) in [4.78, 5) is 0. The van der Waals surface area contributed by atoms with E-state index in [0.717, 1.165) is 22.3 Å². The van der Waals surface area contributed by atoms with E-state index in [-0.39, 0.29) is 5.54 Å². The highest BCUT2D eigenvalue weighted by Crippen LogP contribution is 2.26. The highest BCUT2D eigenvalue weighted by Gasteiger charge is 2.23. The van der Waals surface area contributed by atoms with E-state index in [1.807, 2.05) is 26.0 Å². The molecule has 1 aromatic rings. The van der Waals surface area contributed by atoms with E-state index in [4.69, 9.17) is 4.74 Å². The molecule has 0 spiro atoms. The summed E-state index contributed by atoms with van der Waals surface area (Å²) in [5.41, 5.74) is 0.392. The fourth-order valence-corrected chi connectivity index (χ4v) is 2.26. The van der Waals surface area contributed by atoms with E-state index in [2.05, 4.69) is 48.1 Å². The van der Waals surface area contributed by atoms with Gasteiger partial charge in [0.1, 0.15) is 12.4 Å². The van der Waals surface area contributed by atoms with Gasteiger partial charge in [0.25, 0.3) is 0 Å². The van der Waals surface area contributed by atoms with E-state index in [9.17, 15) is 5.11 Å². The monoisotopic (exact) mass is 357 g/mol. The largest absolute Gasteiger partial charge is 0.490 e. The molecule has 0 fully saturated rings. The van der Waals surface area contributed by atoms with Crippen LogP contribution in [0, 0.1) is 0 Å². The summed E-state index contributed by atoms with van der Waals surface area (Å²) in [7, 11) is 0. The first-order valence-electron chi connectivity index (χ1n) is 7.58. The third-order valence-electron chi connectivity index (χ3n) is 3.64. The van der Waals surface area contributed by atoms with Gasteiger partial charge in [-0.05, 0) is 51.8 Å². The lowest BCUT2D eigenvalue weighted by atomic mass is 9.99. The molecule has 0 aliphatic carbocycles. The van der Waals surface area contributed by atoms with Gasteiger partial charge < -0.3 is 15.2 Å². The Kier molecular flexibility index (Phi) is 6.70. The molecule has 0 aliphatic rings. The minimum absolute atomic E-state index is 0.0488. The third kappa shape index (κ3) is 6.37. The molecule has 4 heteroatoms. The predicted octanol–water partition coefficient (Wildman–Crippen LogP) is 4.27. The van der Waals surface area contributed by atoms with Crippen molar-refractivity contribution >= 4 is 15.9 Å². The molecule has 0 atom stereocenters. The number of hydrogen-bond acceptors (Lipinski definition) is 3. The van der Waals surface area contributed by atoms with Crippen LogP contribution in [0.5, 0.6) is 5.75 Å². The number of benzene rings is 1. The van der Waals surface area contributed by atoms with Crippen molar-refractivity contribution in [2.75, 3.05) is 6.61 Å². The Labute approximate surface area is 137 Å². The molecular formula is C17H28BrNO2. The predicted molar refractivity (Wildman–Crippen MR) is 91.8 cm³/mol. The maximum absolute atomic E-state index is 10.3. The fourth-order valence-electron chi connectivity index (χ4n) is 1.85. The number of rotatable bonds is 7. The van der Waals surface area contributed by atoms with Gasteiger partial charge in [0, 0.05) is 22.1 Å². The molecule has 120 valence electrons. The van der Waals surface area contributed by atoms with Crippen molar-refractivity contribution in [2.45, 2.75) is 65.1 Å². The molecular weight excluding hydrogens is 330 g/mol. The molecule has 0 amide bonds. The number of halogens is 1. The van der Waals surface area contributed by atoms with Crippen LogP contribution in [0.15, 0.2) is 22.7 Å². The lowest BCUT2D eigenvalue weighted by Gasteiger charge is -2.26. The van der Waals surface area contributed by atoms with Crippen LogP contribution in [-0.2, 0) is 6.54 Å². The molecule has 1 aromatic carbocycles. The van der Waals surface area contributed by atoms with Gasteiger partial charge in [-0.25, -0.2) is 0 Å². The molecule has 0 heterocycles. The molecule has 3 nitrogen and oxygen atoms in total. The summed E-state index contributed by atoms with van der Waals surface area (Å²) in [6.07, 6.45) is 1.38. The maximum Gasteiger partial charge on any atom is 0.124 e. The molecule has 0 saturated carbocycles. The van der Waals surface area contributed by atoms with Gasteiger partial charge in [-0.2, -0.15) is 0 Å². The number of hydrogen-bond donors (Lipinski definition) is 2. The molecule has 0 unspecified atom stereocenters. The topological polar surface area (TPSA) is 41.5 Å². The average Bonchev–Trinajstić information content (AvgIpc) is 2.43. The molecule has 0 aliphatic heterocycles. The smallest absolute Gasteiger partial charge is 0.124 e. The Balaban J connectivity index is 2.82. The number of nitrogens with one attached hydrogen (secondary N) is 1. The van der Waals surface area contributed by atoms with Crippen LogP contribution in [0.3, 0.4) is 0 Å². The molecule has 0 aromatic heterocycles. The second-order valence-electron chi connectivity index (χ2n) is 6.58. The van der Waals surface area contributed by atoms with Crippen LogP contribution in [-0.4, -0.2) is 22.9 Å². The zero-order valence-corrected chi connectivity index (χ0v) is 15.4.